The average Bonchev–Trinajstić information content (AvgIpc) is 3.11. The number of rotatable bonds is 7. The number of hydrogen-bond acceptors (Lipinski definition) is 4. The van der Waals surface area contributed by atoms with Gasteiger partial charge in [0.1, 0.15) is 4.32 Å². The number of benzene rings is 2. The molecule has 2 aromatic rings. The van der Waals surface area contributed by atoms with E-state index in [-0.39, 0.29) is 11.8 Å². The zero-order valence-corrected chi connectivity index (χ0v) is 21.5. The maximum atomic E-state index is 12.9. The highest BCUT2D eigenvalue weighted by Crippen LogP contribution is 2.33. The molecule has 2 heterocycles. The summed E-state index contributed by atoms with van der Waals surface area (Å²) in [5, 5.41) is 0. The van der Waals surface area contributed by atoms with Crippen molar-refractivity contribution in [2.45, 2.75) is 45.4 Å². The van der Waals surface area contributed by atoms with Crippen molar-refractivity contribution in [3.63, 3.8) is 0 Å². The molecule has 2 aliphatic heterocycles. The van der Waals surface area contributed by atoms with Crippen molar-refractivity contribution in [1.82, 2.24) is 9.80 Å². The van der Waals surface area contributed by atoms with E-state index in [0.717, 1.165) is 37.9 Å². The standard InChI is InChI=1S/C28H32N2O2S2/c1-20(2)24-10-8-22(9-11-24)19-25-27(32)30(28(33)34-25)17-14-26(31)29-15-12-23(13-16-29)18-21-6-4-3-5-7-21/h3-11,19-20,23H,12-18H2,1-2H3. The summed E-state index contributed by atoms with van der Waals surface area (Å²) in [4.78, 5) is 29.9. The van der Waals surface area contributed by atoms with Gasteiger partial charge >= 0.3 is 0 Å². The molecule has 2 amide bonds. The van der Waals surface area contributed by atoms with Crippen molar-refractivity contribution in [1.29, 1.82) is 0 Å². The molecule has 2 saturated heterocycles. The first-order valence-electron chi connectivity index (χ1n) is 12.1. The van der Waals surface area contributed by atoms with Crippen molar-refractivity contribution in [3.05, 3.63) is 76.2 Å². The molecule has 0 atom stereocenters. The second-order valence-electron chi connectivity index (χ2n) is 9.42. The van der Waals surface area contributed by atoms with E-state index >= 15 is 0 Å². The quantitative estimate of drug-likeness (QED) is 0.357. The van der Waals surface area contributed by atoms with E-state index in [1.807, 2.05) is 29.2 Å². The maximum absolute atomic E-state index is 12.9. The number of hydrogen-bond donors (Lipinski definition) is 0. The van der Waals surface area contributed by atoms with Crippen LogP contribution in [-0.2, 0) is 16.0 Å². The van der Waals surface area contributed by atoms with Gasteiger partial charge in [0.15, 0.2) is 0 Å². The van der Waals surface area contributed by atoms with Crippen molar-refractivity contribution in [2.75, 3.05) is 19.6 Å². The van der Waals surface area contributed by atoms with Crippen molar-refractivity contribution >= 4 is 46.2 Å². The Hall–Kier alpha value is -2.44. The highest BCUT2D eigenvalue weighted by atomic mass is 32.2. The molecule has 0 spiro atoms. The third-order valence-electron chi connectivity index (χ3n) is 6.66. The fourth-order valence-corrected chi connectivity index (χ4v) is 5.83. The molecule has 2 aliphatic rings. The van der Waals surface area contributed by atoms with Gasteiger partial charge in [-0.05, 0) is 53.9 Å². The second kappa shape index (κ2) is 11.3. The lowest BCUT2D eigenvalue weighted by atomic mass is 9.90. The molecule has 2 fully saturated rings. The number of likely N-dealkylation sites (tertiary alicyclic amines) is 1. The van der Waals surface area contributed by atoms with Crippen LogP contribution in [0.15, 0.2) is 59.5 Å². The lowest BCUT2D eigenvalue weighted by Gasteiger charge is -2.32. The zero-order valence-electron chi connectivity index (χ0n) is 19.9. The molecule has 4 rings (SSSR count). The van der Waals surface area contributed by atoms with Crippen LogP contribution in [0.4, 0.5) is 0 Å². The number of thioether (sulfide) groups is 1. The predicted molar refractivity (Wildman–Crippen MR) is 144 cm³/mol. The van der Waals surface area contributed by atoms with E-state index in [2.05, 4.69) is 50.2 Å². The third-order valence-corrected chi connectivity index (χ3v) is 8.04. The summed E-state index contributed by atoms with van der Waals surface area (Å²) >= 11 is 6.77. The van der Waals surface area contributed by atoms with Gasteiger partial charge in [-0.25, -0.2) is 0 Å². The Labute approximate surface area is 212 Å². The van der Waals surface area contributed by atoms with Crippen molar-refractivity contribution in [3.8, 4) is 0 Å². The van der Waals surface area contributed by atoms with Crippen LogP contribution in [0.25, 0.3) is 6.08 Å². The topological polar surface area (TPSA) is 40.6 Å². The van der Waals surface area contributed by atoms with E-state index in [0.29, 0.717) is 34.0 Å². The molecule has 0 radical (unpaired) electrons. The Morgan fingerprint density at radius 2 is 1.76 bits per heavy atom. The van der Waals surface area contributed by atoms with Crippen LogP contribution in [0.2, 0.25) is 0 Å². The van der Waals surface area contributed by atoms with Crippen LogP contribution in [0, 0.1) is 5.92 Å². The summed E-state index contributed by atoms with van der Waals surface area (Å²) < 4.78 is 0.532. The van der Waals surface area contributed by atoms with Gasteiger partial charge in [0.25, 0.3) is 5.91 Å². The average molecular weight is 493 g/mol. The van der Waals surface area contributed by atoms with Crippen LogP contribution in [0.3, 0.4) is 0 Å². The van der Waals surface area contributed by atoms with Gasteiger partial charge < -0.3 is 4.90 Å². The highest BCUT2D eigenvalue weighted by Gasteiger charge is 2.33. The number of nitrogens with zero attached hydrogens (tertiary/aromatic N) is 2. The number of piperidine rings is 1. The van der Waals surface area contributed by atoms with Crippen molar-refractivity contribution < 1.29 is 9.59 Å². The van der Waals surface area contributed by atoms with Gasteiger partial charge in [-0.15, -0.1) is 0 Å². The van der Waals surface area contributed by atoms with Crippen LogP contribution >= 0.6 is 24.0 Å². The summed E-state index contributed by atoms with van der Waals surface area (Å²) in [6.45, 7) is 6.25. The Morgan fingerprint density at radius 1 is 1.09 bits per heavy atom. The molecule has 0 aromatic heterocycles. The molecule has 6 heteroatoms. The Morgan fingerprint density at radius 3 is 2.41 bits per heavy atom. The second-order valence-corrected chi connectivity index (χ2v) is 11.1. The fourth-order valence-electron chi connectivity index (χ4n) is 4.52. The van der Waals surface area contributed by atoms with Gasteiger partial charge in [-0.3, -0.25) is 14.5 Å². The molecule has 2 aromatic carbocycles. The van der Waals surface area contributed by atoms with Gasteiger partial charge in [-0.2, -0.15) is 0 Å². The normalized spacial score (nSPS) is 18.4. The van der Waals surface area contributed by atoms with Crippen molar-refractivity contribution in [2.24, 2.45) is 5.92 Å². The minimum Gasteiger partial charge on any atom is -0.343 e. The smallest absolute Gasteiger partial charge is 0.266 e. The number of thiocarbonyl (C=S) groups is 1. The minimum atomic E-state index is -0.0997. The first-order valence-corrected chi connectivity index (χ1v) is 13.3. The lowest BCUT2D eigenvalue weighted by Crippen LogP contribution is -2.41. The van der Waals surface area contributed by atoms with Crippen LogP contribution in [0.5, 0.6) is 0 Å². The molecule has 0 bridgehead atoms. The Kier molecular flexibility index (Phi) is 8.22. The van der Waals surface area contributed by atoms with Gasteiger partial charge in [0.2, 0.25) is 5.91 Å². The fraction of sp³-hybridized carbons (Fsp3) is 0.393. The molecule has 4 nitrogen and oxygen atoms in total. The van der Waals surface area contributed by atoms with Crippen LogP contribution in [0.1, 0.15) is 55.7 Å². The Balaban J connectivity index is 1.26. The first kappa shape index (κ1) is 24.7. The van der Waals surface area contributed by atoms with Gasteiger partial charge in [0.05, 0.1) is 4.91 Å². The number of amides is 2. The molecule has 178 valence electrons. The summed E-state index contributed by atoms with van der Waals surface area (Å²) in [6.07, 6.45) is 5.33. The third kappa shape index (κ3) is 6.16. The molecule has 0 N–H and O–H groups in total. The van der Waals surface area contributed by atoms with Gasteiger partial charge in [-0.1, -0.05) is 92.4 Å². The first-order chi connectivity index (χ1) is 16.4. The maximum Gasteiger partial charge on any atom is 0.266 e. The lowest BCUT2D eigenvalue weighted by molar-refractivity contribution is -0.133. The van der Waals surface area contributed by atoms with Crippen LogP contribution < -0.4 is 0 Å². The molecule has 34 heavy (non-hydrogen) atoms. The summed E-state index contributed by atoms with van der Waals surface area (Å²) in [7, 11) is 0. The summed E-state index contributed by atoms with van der Waals surface area (Å²) in [5.74, 6) is 1.11. The zero-order chi connectivity index (χ0) is 24.1. The van der Waals surface area contributed by atoms with E-state index in [1.165, 1.54) is 22.9 Å². The summed E-state index contributed by atoms with van der Waals surface area (Å²) in [6, 6.07) is 18.8. The van der Waals surface area contributed by atoms with E-state index < -0.39 is 0 Å². The monoisotopic (exact) mass is 492 g/mol. The van der Waals surface area contributed by atoms with Gasteiger partial charge in [0, 0.05) is 26.1 Å². The molecular formula is C28H32N2O2S2. The molecule has 0 saturated carbocycles. The molecule has 0 unspecified atom stereocenters. The van der Waals surface area contributed by atoms with Crippen LogP contribution in [-0.4, -0.2) is 45.6 Å². The number of carbonyl (C=O) groups is 2. The summed E-state index contributed by atoms with van der Waals surface area (Å²) in [5.41, 5.74) is 3.62. The van der Waals surface area contributed by atoms with E-state index in [4.69, 9.17) is 12.2 Å². The minimum absolute atomic E-state index is 0.0997. The largest absolute Gasteiger partial charge is 0.343 e. The van der Waals surface area contributed by atoms with E-state index in [9.17, 15) is 9.59 Å². The SMILES string of the molecule is CC(C)c1ccc(C=C2SC(=S)N(CCC(=O)N3CCC(Cc4ccccc4)CC3)C2=O)cc1. The number of carbonyl (C=O) groups excluding carboxylic acids is 2. The van der Waals surface area contributed by atoms with E-state index in [1.54, 1.807) is 4.90 Å². The Bertz CT molecular complexity index is 1060. The highest BCUT2D eigenvalue weighted by molar-refractivity contribution is 8.26. The molecule has 0 aliphatic carbocycles. The molecular weight excluding hydrogens is 460 g/mol. The predicted octanol–water partition coefficient (Wildman–Crippen LogP) is 5.88.